The van der Waals surface area contributed by atoms with Crippen molar-refractivity contribution in [1.29, 1.82) is 0 Å². The normalized spacial score (nSPS) is 22.5. The maximum Gasteiger partial charge on any atom is 0.183 e. The van der Waals surface area contributed by atoms with Crippen molar-refractivity contribution in [2.45, 2.75) is 58.3 Å². The number of hydrazine groups is 1. The Balaban J connectivity index is 1.58. The lowest BCUT2D eigenvalue weighted by Gasteiger charge is -2.52. The number of para-hydroxylation sites is 1. The molecule has 0 bridgehead atoms. The van der Waals surface area contributed by atoms with Crippen LogP contribution in [0.1, 0.15) is 55.0 Å². The van der Waals surface area contributed by atoms with Gasteiger partial charge < -0.3 is 19.8 Å². The largest absolute Gasteiger partial charge is 0.493 e. The summed E-state index contributed by atoms with van der Waals surface area (Å²) in [6.07, 6.45) is 4.25. The minimum Gasteiger partial charge on any atom is -0.493 e. The molecule has 1 spiro atoms. The standard InChI is InChI=1S/C26H33N3O2/c1-17(2)28-13-11-26(12-14-28)29-23(20-7-6-8-24(30-5)25(20)31-26)16-22(27-29)21-15-18(3)9-10-19(21)4/h6-10,15-17,23,27H,11-14H2,1-5H3/t23-/m0/s1. The van der Waals surface area contributed by atoms with Gasteiger partial charge in [0, 0.05) is 43.1 Å². The summed E-state index contributed by atoms with van der Waals surface area (Å²) in [6.45, 7) is 10.9. The second kappa shape index (κ2) is 7.57. The van der Waals surface area contributed by atoms with E-state index < -0.39 is 5.72 Å². The number of likely N-dealkylation sites (tertiary alicyclic amines) is 1. The molecule has 2 aromatic carbocycles. The summed E-state index contributed by atoms with van der Waals surface area (Å²) < 4.78 is 12.5. The zero-order chi connectivity index (χ0) is 21.8. The molecule has 2 aromatic rings. The highest BCUT2D eigenvalue weighted by atomic mass is 16.5. The summed E-state index contributed by atoms with van der Waals surface area (Å²) in [7, 11) is 1.73. The van der Waals surface area contributed by atoms with Gasteiger partial charge in [-0.1, -0.05) is 29.8 Å². The number of aryl methyl sites for hydroxylation is 2. The van der Waals surface area contributed by atoms with Crippen LogP contribution in [0.25, 0.3) is 5.70 Å². The van der Waals surface area contributed by atoms with Crippen LogP contribution in [0.3, 0.4) is 0 Å². The molecule has 1 saturated heterocycles. The predicted octanol–water partition coefficient (Wildman–Crippen LogP) is 4.81. The van der Waals surface area contributed by atoms with Crippen LogP contribution in [0.5, 0.6) is 11.5 Å². The van der Waals surface area contributed by atoms with Crippen molar-refractivity contribution in [3.8, 4) is 11.5 Å². The molecule has 3 heterocycles. The van der Waals surface area contributed by atoms with Crippen LogP contribution in [-0.2, 0) is 0 Å². The first-order valence-electron chi connectivity index (χ1n) is 11.4. The van der Waals surface area contributed by atoms with E-state index >= 15 is 0 Å². The Labute approximate surface area is 185 Å². The Bertz CT molecular complexity index is 1020. The Kier molecular flexibility index (Phi) is 4.98. The molecule has 0 radical (unpaired) electrons. The molecule has 0 saturated carbocycles. The van der Waals surface area contributed by atoms with Crippen LogP contribution in [0, 0.1) is 13.8 Å². The summed E-state index contributed by atoms with van der Waals surface area (Å²) in [4.78, 5) is 2.54. The van der Waals surface area contributed by atoms with Gasteiger partial charge in [0.2, 0.25) is 0 Å². The Morgan fingerprint density at radius 1 is 1.13 bits per heavy atom. The average Bonchev–Trinajstić information content (AvgIpc) is 3.22. The van der Waals surface area contributed by atoms with Gasteiger partial charge in [-0.25, -0.2) is 0 Å². The first-order valence-corrected chi connectivity index (χ1v) is 11.4. The molecule has 0 aromatic heterocycles. The molecule has 5 nitrogen and oxygen atoms in total. The van der Waals surface area contributed by atoms with Crippen molar-refractivity contribution in [3.63, 3.8) is 0 Å². The van der Waals surface area contributed by atoms with Gasteiger partial charge in [-0.2, -0.15) is 5.01 Å². The number of ether oxygens (including phenoxy) is 2. The number of rotatable bonds is 3. The first kappa shape index (κ1) is 20.4. The fraction of sp³-hybridized carbons (Fsp3) is 0.462. The highest BCUT2D eigenvalue weighted by Gasteiger charge is 2.52. The SMILES string of the molecule is COc1cccc2c1OC1(CCN(C(C)C)CC1)N1NC(c3cc(C)ccc3C)=C[C@@H]21. The molecule has 1 N–H and O–H groups in total. The summed E-state index contributed by atoms with van der Waals surface area (Å²) in [5.74, 6) is 1.71. The van der Waals surface area contributed by atoms with Crippen LogP contribution < -0.4 is 14.9 Å². The molecule has 1 atom stereocenters. The van der Waals surface area contributed by atoms with E-state index in [4.69, 9.17) is 9.47 Å². The third kappa shape index (κ3) is 3.31. The van der Waals surface area contributed by atoms with Crippen molar-refractivity contribution < 1.29 is 9.47 Å². The number of benzene rings is 2. The maximum absolute atomic E-state index is 6.84. The predicted molar refractivity (Wildman–Crippen MR) is 124 cm³/mol. The van der Waals surface area contributed by atoms with Crippen LogP contribution in [0.2, 0.25) is 0 Å². The molecule has 0 amide bonds. The molecule has 1 fully saturated rings. The number of hydrogen-bond acceptors (Lipinski definition) is 5. The lowest BCUT2D eigenvalue weighted by molar-refractivity contribution is -0.162. The van der Waals surface area contributed by atoms with Crippen LogP contribution >= 0.6 is 0 Å². The van der Waals surface area contributed by atoms with E-state index in [0.717, 1.165) is 48.7 Å². The molecule has 31 heavy (non-hydrogen) atoms. The van der Waals surface area contributed by atoms with Gasteiger partial charge in [-0.15, -0.1) is 0 Å². The van der Waals surface area contributed by atoms with Gasteiger partial charge in [0.15, 0.2) is 17.2 Å². The van der Waals surface area contributed by atoms with Gasteiger partial charge in [0.1, 0.15) is 0 Å². The monoisotopic (exact) mass is 419 g/mol. The summed E-state index contributed by atoms with van der Waals surface area (Å²) in [6, 6.07) is 13.5. The molecule has 3 aliphatic rings. The van der Waals surface area contributed by atoms with E-state index in [1.807, 2.05) is 6.07 Å². The minimum absolute atomic E-state index is 0.111. The number of nitrogens with zero attached hydrogens (tertiary/aromatic N) is 2. The number of fused-ring (bicyclic) bond motifs is 4. The topological polar surface area (TPSA) is 37.0 Å². The van der Waals surface area contributed by atoms with Crippen molar-refractivity contribution in [2.24, 2.45) is 0 Å². The molecule has 164 valence electrons. The second-order valence-electron chi connectivity index (χ2n) is 9.38. The van der Waals surface area contributed by atoms with Crippen molar-refractivity contribution in [1.82, 2.24) is 15.3 Å². The number of nitrogens with one attached hydrogen (secondary N) is 1. The molecule has 0 aliphatic carbocycles. The van der Waals surface area contributed by atoms with E-state index in [9.17, 15) is 0 Å². The van der Waals surface area contributed by atoms with Crippen molar-refractivity contribution >= 4 is 5.70 Å². The third-order valence-electron chi connectivity index (χ3n) is 7.12. The zero-order valence-corrected chi connectivity index (χ0v) is 19.2. The molecule has 3 aliphatic heterocycles. The average molecular weight is 420 g/mol. The third-order valence-corrected chi connectivity index (χ3v) is 7.12. The van der Waals surface area contributed by atoms with Crippen LogP contribution in [0.4, 0.5) is 0 Å². The van der Waals surface area contributed by atoms with Crippen molar-refractivity contribution in [2.75, 3.05) is 20.2 Å². The first-order chi connectivity index (χ1) is 14.9. The maximum atomic E-state index is 6.84. The Hall–Kier alpha value is -2.50. The molecular weight excluding hydrogens is 386 g/mol. The summed E-state index contributed by atoms with van der Waals surface area (Å²) in [5.41, 5.74) is 9.50. The van der Waals surface area contributed by atoms with E-state index in [-0.39, 0.29) is 6.04 Å². The molecule has 5 rings (SSSR count). The van der Waals surface area contributed by atoms with E-state index in [0.29, 0.717) is 6.04 Å². The summed E-state index contributed by atoms with van der Waals surface area (Å²) in [5, 5.41) is 2.36. The van der Waals surface area contributed by atoms with E-state index in [2.05, 4.69) is 79.4 Å². The highest BCUT2D eigenvalue weighted by molar-refractivity contribution is 5.70. The van der Waals surface area contributed by atoms with Crippen LogP contribution in [-0.4, -0.2) is 41.9 Å². The van der Waals surface area contributed by atoms with E-state index in [1.54, 1.807) is 7.11 Å². The quantitative estimate of drug-likeness (QED) is 0.773. The summed E-state index contributed by atoms with van der Waals surface area (Å²) >= 11 is 0. The van der Waals surface area contributed by atoms with Gasteiger partial charge in [-0.3, -0.25) is 0 Å². The minimum atomic E-state index is -0.395. The zero-order valence-electron chi connectivity index (χ0n) is 19.2. The number of piperidine rings is 1. The number of methoxy groups -OCH3 is 1. The van der Waals surface area contributed by atoms with Gasteiger partial charge >= 0.3 is 0 Å². The van der Waals surface area contributed by atoms with Crippen molar-refractivity contribution in [3.05, 3.63) is 64.7 Å². The smallest absolute Gasteiger partial charge is 0.183 e. The second-order valence-corrected chi connectivity index (χ2v) is 9.38. The van der Waals surface area contributed by atoms with Crippen LogP contribution in [0.15, 0.2) is 42.5 Å². The molecule has 5 heteroatoms. The molecule has 0 unspecified atom stereocenters. The Morgan fingerprint density at radius 3 is 2.61 bits per heavy atom. The molecular formula is C26H33N3O2. The fourth-order valence-corrected chi connectivity index (χ4v) is 5.24. The van der Waals surface area contributed by atoms with E-state index in [1.165, 1.54) is 16.7 Å². The lowest BCUT2D eigenvalue weighted by atomic mass is 9.92. The van der Waals surface area contributed by atoms with Gasteiger partial charge in [-0.05, 0) is 51.5 Å². The van der Waals surface area contributed by atoms with Gasteiger partial charge in [0.05, 0.1) is 18.8 Å². The highest BCUT2D eigenvalue weighted by Crippen LogP contribution is 2.51. The van der Waals surface area contributed by atoms with Gasteiger partial charge in [0.25, 0.3) is 0 Å². The fourth-order valence-electron chi connectivity index (χ4n) is 5.24. The lowest BCUT2D eigenvalue weighted by Crippen LogP contribution is -2.64. The number of hydrogen-bond donors (Lipinski definition) is 1. The Morgan fingerprint density at radius 2 is 1.90 bits per heavy atom.